The van der Waals surface area contributed by atoms with Crippen LogP contribution in [-0.2, 0) is 11.3 Å². The zero-order valence-corrected chi connectivity index (χ0v) is 19.9. The van der Waals surface area contributed by atoms with Gasteiger partial charge in [-0.1, -0.05) is 78.5 Å². The van der Waals surface area contributed by atoms with Gasteiger partial charge in [-0.2, -0.15) is 0 Å². The van der Waals surface area contributed by atoms with Crippen LogP contribution in [0.2, 0.25) is 0 Å². The van der Waals surface area contributed by atoms with E-state index in [4.69, 9.17) is 4.74 Å². The first-order chi connectivity index (χ1) is 17.6. The first kappa shape index (κ1) is 23.8. The summed E-state index contributed by atoms with van der Waals surface area (Å²) < 4.78 is 34.0. The fraction of sp³-hybridized carbons (Fsp3) is 0.103. The highest BCUT2D eigenvalue weighted by Gasteiger charge is 2.29. The number of aldehydes is 1. The molecule has 1 aliphatic rings. The molecule has 0 atom stereocenters. The third-order valence-electron chi connectivity index (χ3n) is 6.16. The molecule has 5 rings (SSSR count). The van der Waals surface area contributed by atoms with E-state index in [-0.39, 0.29) is 29.5 Å². The Bertz CT molecular complexity index is 1410. The molecular weight excluding hydrogens is 480 g/mol. The summed E-state index contributed by atoms with van der Waals surface area (Å²) >= 11 is 0.938. The van der Waals surface area contributed by atoms with Crippen LogP contribution in [0, 0.1) is 11.6 Å². The summed E-state index contributed by atoms with van der Waals surface area (Å²) in [6.07, 6.45) is -0.277. The van der Waals surface area contributed by atoms with Gasteiger partial charge in [0, 0.05) is 17.4 Å². The molecule has 0 saturated carbocycles. The SMILES string of the molecule is O=Cc1c(F)ccc(F)c1Sc1ccccc1CNC(=O)OCC1c2ccccc2-c2ccccc21. The quantitative estimate of drug-likeness (QED) is 0.278. The molecule has 7 heteroatoms. The molecule has 0 unspecified atom stereocenters. The van der Waals surface area contributed by atoms with E-state index >= 15 is 0 Å². The zero-order chi connectivity index (χ0) is 25.1. The van der Waals surface area contributed by atoms with Crippen molar-refractivity contribution >= 4 is 24.1 Å². The van der Waals surface area contributed by atoms with Gasteiger partial charge in [-0.3, -0.25) is 4.79 Å². The molecule has 4 aromatic carbocycles. The number of benzene rings is 4. The van der Waals surface area contributed by atoms with Crippen molar-refractivity contribution in [2.75, 3.05) is 6.61 Å². The molecule has 0 spiro atoms. The molecule has 1 amide bonds. The zero-order valence-electron chi connectivity index (χ0n) is 19.0. The maximum absolute atomic E-state index is 14.4. The summed E-state index contributed by atoms with van der Waals surface area (Å²) in [7, 11) is 0. The number of hydrogen-bond acceptors (Lipinski definition) is 4. The summed E-state index contributed by atoms with van der Waals surface area (Å²) in [4.78, 5) is 24.4. The fourth-order valence-electron chi connectivity index (χ4n) is 4.44. The van der Waals surface area contributed by atoms with Crippen LogP contribution in [0.1, 0.15) is 33.0 Å². The molecule has 0 fully saturated rings. The smallest absolute Gasteiger partial charge is 0.407 e. The first-order valence-corrected chi connectivity index (χ1v) is 12.2. The van der Waals surface area contributed by atoms with Crippen LogP contribution in [0.25, 0.3) is 11.1 Å². The monoisotopic (exact) mass is 501 g/mol. The number of ether oxygens (including phenoxy) is 1. The van der Waals surface area contributed by atoms with E-state index in [1.165, 1.54) is 0 Å². The van der Waals surface area contributed by atoms with E-state index in [9.17, 15) is 18.4 Å². The van der Waals surface area contributed by atoms with Crippen LogP contribution in [0.4, 0.5) is 13.6 Å². The van der Waals surface area contributed by atoms with Gasteiger partial charge >= 0.3 is 6.09 Å². The molecule has 0 aromatic heterocycles. The van der Waals surface area contributed by atoms with E-state index in [2.05, 4.69) is 17.4 Å². The van der Waals surface area contributed by atoms with Gasteiger partial charge in [0.15, 0.2) is 6.29 Å². The molecule has 36 heavy (non-hydrogen) atoms. The molecule has 1 aliphatic carbocycles. The Morgan fingerprint density at radius 3 is 2.17 bits per heavy atom. The lowest BCUT2D eigenvalue weighted by atomic mass is 9.98. The van der Waals surface area contributed by atoms with Crippen molar-refractivity contribution in [2.45, 2.75) is 22.3 Å². The predicted octanol–water partition coefficient (Wildman–Crippen LogP) is 6.97. The molecule has 0 aliphatic heterocycles. The van der Waals surface area contributed by atoms with Crippen molar-refractivity contribution in [2.24, 2.45) is 0 Å². The van der Waals surface area contributed by atoms with E-state index in [1.807, 2.05) is 36.4 Å². The normalized spacial score (nSPS) is 12.1. The highest BCUT2D eigenvalue weighted by molar-refractivity contribution is 7.99. The number of carbonyl (C=O) groups excluding carboxylic acids is 2. The largest absolute Gasteiger partial charge is 0.449 e. The van der Waals surface area contributed by atoms with Gasteiger partial charge in [0.25, 0.3) is 0 Å². The first-order valence-electron chi connectivity index (χ1n) is 11.3. The Kier molecular flexibility index (Phi) is 6.82. The summed E-state index contributed by atoms with van der Waals surface area (Å²) in [5.41, 5.74) is 4.88. The van der Waals surface area contributed by atoms with Gasteiger partial charge in [-0.15, -0.1) is 0 Å². The van der Waals surface area contributed by atoms with Gasteiger partial charge in [0.2, 0.25) is 0 Å². The van der Waals surface area contributed by atoms with Crippen LogP contribution in [-0.4, -0.2) is 19.0 Å². The van der Waals surface area contributed by atoms with Crippen LogP contribution >= 0.6 is 11.8 Å². The van der Waals surface area contributed by atoms with Gasteiger partial charge < -0.3 is 10.1 Å². The molecular formula is C29H21F2NO3S. The van der Waals surface area contributed by atoms with E-state index in [0.717, 1.165) is 46.1 Å². The Morgan fingerprint density at radius 1 is 0.861 bits per heavy atom. The summed E-state index contributed by atoms with van der Waals surface area (Å²) in [5.74, 6) is -1.53. The lowest BCUT2D eigenvalue weighted by Gasteiger charge is -2.15. The van der Waals surface area contributed by atoms with Crippen LogP contribution in [0.3, 0.4) is 0 Å². The van der Waals surface area contributed by atoms with Crippen molar-refractivity contribution in [3.63, 3.8) is 0 Å². The van der Waals surface area contributed by atoms with Crippen LogP contribution in [0.5, 0.6) is 0 Å². The minimum absolute atomic E-state index is 0.0521. The second-order valence-electron chi connectivity index (χ2n) is 8.28. The average molecular weight is 502 g/mol. The van der Waals surface area contributed by atoms with Crippen LogP contribution < -0.4 is 5.32 Å². The third-order valence-corrected chi connectivity index (χ3v) is 7.40. The Labute approximate surface area is 211 Å². The Morgan fingerprint density at radius 2 is 1.47 bits per heavy atom. The topological polar surface area (TPSA) is 55.4 Å². The van der Waals surface area contributed by atoms with Crippen molar-refractivity contribution in [1.82, 2.24) is 5.32 Å². The number of nitrogens with one attached hydrogen (secondary N) is 1. The number of hydrogen-bond donors (Lipinski definition) is 1. The van der Waals surface area contributed by atoms with Crippen molar-refractivity contribution in [1.29, 1.82) is 0 Å². The highest BCUT2D eigenvalue weighted by atomic mass is 32.2. The standard InChI is InChI=1S/C29H21F2NO3S/c30-25-13-14-26(31)28(23(25)16-33)36-27-12-6-1-7-18(27)15-32-29(34)35-17-24-21-10-4-2-8-19(21)20-9-3-5-11-22(20)24/h1-14,16,24H,15,17H2,(H,32,34). The molecule has 0 saturated heterocycles. The fourth-order valence-corrected chi connectivity index (χ4v) is 5.50. The number of carbonyl (C=O) groups is 2. The Hall–Kier alpha value is -3.97. The summed E-state index contributed by atoms with van der Waals surface area (Å²) in [6.45, 7) is 0.306. The number of fused-ring (bicyclic) bond motifs is 3. The average Bonchev–Trinajstić information content (AvgIpc) is 3.23. The maximum atomic E-state index is 14.4. The second kappa shape index (κ2) is 10.3. The minimum atomic E-state index is -0.789. The third kappa shape index (κ3) is 4.62. The lowest BCUT2D eigenvalue weighted by Crippen LogP contribution is -2.25. The molecule has 4 aromatic rings. The second-order valence-corrected chi connectivity index (χ2v) is 9.33. The van der Waals surface area contributed by atoms with E-state index < -0.39 is 17.7 Å². The van der Waals surface area contributed by atoms with Crippen molar-refractivity contribution in [3.8, 4) is 11.1 Å². The molecule has 0 bridgehead atoms. The highest BCUT2D eigenvalue weighted by Crippen LogP contribution is 2.44. The van der Waals surface area contributed by atoms with Gasteiger partial charge in [0.1, 0.15) is 18.2 Å². The van der Waals surface area contributed by atoms with Crippen LogP contribution in [0.15, 0.2) is 94.7 Å². The summed E-state index contributed by atoms with van der Waals surface area (Å²) in [5, 5.41) is 2.74. The molecule has 0 heterocycles. The number of rotatable bonds is 7. The van der Waals surface area contributed by atoms with E-state index in [0.29, 0.717) is 16.7 Å². The van der Waals surface area contributed by atoms with Gasteiger partial charge in [-0.25, -0.2) is 13.6 Å². The van der Waals surface area contributed by atoms with Crippen molar-refractivity contribution < 1.29 is 23.1 Å². The number of amides is 1. The maximum Gasteiger partial charge on any atom is 0.407 e. The molecule has 0 radical (unpaired) electrons. The van der Waals surface area contributed by atoms with Gasteiger partial charge in [-0.05, 0) is 46.0 Å². The van der Waals surface area contributed by atoms with E-state index in [1.54, 1.807) is 24.3 Å². The molecule has 4 nitrogen and oxygen atoms in total. The molecule has 1 N–H and O–H groups in total. The Balaban J connectivity index is 1.26. The lowest BCUT2D eigenvalue weighted by molar-refractivity contribution is 0.111. The van der Waals surface area contributed by atoms with Crippen molar-refractivity contribution in [3.05, 3.63) is 119 Å². The molecule has 180 valence electrons. The number of alkyl carbamates (subject to hydrolysis) is 1. The minimum Gasteiger partial charge on any atom is -0.449 e. The number of halogens is 2. The van der Waals surface area contributed by atoms with Gasteiger partial charge in [0.05, 0.1) is 10.5 Å². The predicted molar refractivity (Wildman–Crippen MR) is 134 cm³/mol. The summed E-state index contributed by atoms with van der Waals surface area (Å²) in [6, 6.07) is 25.1.